The lowest BCUT2D eigenvalue weighted by molar-refractivity contribution is 0.0609. The molecule has 2 aromatic rings. The molecule has 0 fully saturated rings. The molecule has 0 spiro atoms. The number of hydrogen-bond donors (Lipinski definition) is 2. The summed E-state index contributed by atoms with van der Waals surface area (Å²) in [4.78, 5) is 25.0. The third-order valence-electron chi connectivity index (χ3n) is 3.91. The number of amides is 1. The Hall–Kier alpha value is -2.89. The largest absolute Gasteiger partial charge is 0.483 e. The lowest BCUT2D eigenvalue weighted by Gasteiger charge is -2.25. The van der Waals surface area contributed by atoms with Crippen molar-refractivity contribution in [2.75, 3.05) is 18.3 Å². The predicted molar refractivity (Wildman–Crippen MR) is 117 cm³/mol. The number of nitrogens with one attached hydrogen (secondary N) is 1. The van der Waals surface area contributed by atoms with E-state index < -0.39 is 40.0 Å². The lowest BCUT2D eigenvalue weighted by Crippen LogP contribution is -2.34. The first-order chi connectivity index (χ1) is 14.9. The molecule has 10 nitrogen and oxygen atoms in total. The van der Waals surface area contributed by atoms with Crippen LogP contribution in [-0.2, 0) is 25.6 Å². The molecule has 0 bridgehead atoms. The fourth-order valence-corrected chi connectivity index (χ4v) is 3.37. The van der Waals surface area contributed by atoms with Crippen LogP contribution < -0.4 is 15.6 Å². The maximum Gasteiger partial charge on any atom is 0.426 e. The maximum atomic E-state index is 12.7. The van der Waals surface area contributed by atoms with E-state index in [0.717, 1.165) is 22.6 Å². The first-order valence-electron chi connectivity index (χ1n) is 9.81. The summed E-state index contributed by atoms with van der Waals surface area (Å²) in [6.07, 6.45) is -0.279. The molecule has 0 aliphatic heterocycles. The summed E-state index contributed by atoms with van der Waals surface area (Å²) in [7, 11) is -3.99. The van der Waals surface area contributed by atoms with E-state index >= 15 is 0 Å². The van der Waals surface area contributed by atoms with E-state index in [1.54, 1.807) is 45.0 Å². The van der Waals surface area contributed by atoms with Crippen molar-refractivity contribution in [1.29, 1.82) is 0 Å². The minimum atomic E-state index is -3.99. The maximum absolute atomic E-state index is 12.7. The quantitative estimate of drug-likeness (QED) is 0.536. The molecule has 176 valence electrons. The minimum absolute atomic E-state index is 0.00422. The van der Waals surface area contributed by atoms with Gasteiger partial charge in [-0.25, -0.2) is 10.2 Å². The van der Waals surface area contributed by atoms with Gasteiger partial charge in [0.2, 0.25) is 5.43 Å². The summed E-state index contributed by atoms with van der Waals surface area (Å²) in [6.45, 7) is 4.58. The SMILES string of the molecule is CC(C)(C)OC(=O)Nn1ccc(=O)c(OCc2ccccc2)c1C(CCO)OS(C)(=O)=O. The number of rotatable bonds is 9. The van der Waals surface area contributed by atoms with Crippen molar-refractivity contribution in [3.63, 3.8) is 0 Å². The van der Waals surface area contributed by atoms with Crippen LogP contribution in [0.2, 0.25) is 0 Å². The summed E-state index contributed by atoms with van der Waals surface area (Å²) in [5.41, 5.74) is 1.75. The highest BCUT2D eigenvalue weighted by atomic mass is 32.2. The molecule has 1 aromatic carbocycles. The van der Waals surface area contributed by atoms with E-state index in [-0.39, 0.29) is 24.5 Å². The number of pyridine rings is 1. The fraction of sp³-hybridized carbons (Fsp3) is 0.429. The highest BCUT2D eigenvalue weighted by Gasteiger charge is 2.28. The van der Waals surface area contributed by atoms with Gasteiger partial charge >= 0.3 is 6.09 Å². The number of aliphatic hydroxyl groups is 1. The molecule has 0 saturated heterocycles. The number of aliphatic hydroxyl groups excluding tert-OH is 1. The minimum Gasteiger partial charge on any atom is -0.483 e. The number of aromatic nitrogens is 1. The Morgan fingerprint density at radius 2 is 1.84 bits per heavy atom. The van der Waals surface area contributed by atoms with Crippen LogP contribution in [0.4, 0.5) is 4.79 Å². The number of carbonyl (C=O) groups is 1. The molecule has 0 aliphatic rings. The Kier molecular flexibility index (Phi) is 8.42. The van der Waals surface area contributed by atoms with Crippen LogP contribution in [0.15, 0.2) is 47.4 Å². The van der Waals surface area contributed by atoms with E-state index in [9.17, 15) is 23.1 Å². The predicted octanol–water partition coefficient (Wildman–Crippen LogP) is 2.31. The van der Waals surface area contributed by atoms with Gasteiger partial charge in [0.25, 0.3) is 10.1 Å². The molecule has 1 amide bonds. The number of benzene rings is 1. The molecule has 1 unspecified atom stereocenters. The van der Waals surface area contributed by atoms with E-state index in [0.29, 0.717) is 0 Å². The topological polar surface area (TPSA) is 133 Å². The Morgan fingerprint density at radius 1 is 1.19 bits per heavy atom. The summed E-state index contributed by atoms with van der Waals surface area (Å²) in [5, 5.41) is 9.47. The Labute approximate surface area is 186 Å². The molecule has 1 atom stereocenters. The van der Waals surface area contributed by atoms with Gasteiger partial charge in [0, 0.05) is 25.3 Å². The summed E-state index contributed by atoms with van der Waals surface area (Å²) >= 11 is 0. The van der Waals surface area contributed by atoms with E-state index in [4.69, 9.17) is 13.7 Å². The van der Waals surface area contributed by atoms with Crippen molar-refractivity contribution in [2.24, 2.45) is 0 Å². The van der Waals surface area contributed by atoms with Crippen LogP contribution in [-0.4, -0.2) is 42.8 Å². The Morgan fingerprint density at radius 3 is 2.41 bits per heavy atom. The van der Waals surface area contributed by atoms with E-state index in [2.05, 4.69) is 5.43 Å². The lowest BCUT2D eigenvalue weighted by atomic mass is 10.1. The fourth-order valence-electron chi connectivity index (χ4n) is 2.77. The number of ether oxygens (including phenoxy) is 2. The van der Waals surface area contributed by atoms with Crippen molar-refractivity contribution in [1.82, 2.24) is 4.68 Å². The van der Waals surface area contributed by atoms with Crippen molar-refractivity contribution >= 4 is 16.2 Å². The van der Waals surface area contributed by atoms with Gasteiger partial charge in [-0.15, -0.1) is 0 Å². The average Bonchev–Trinajstić information content (AvgIpc) is 2.66. The van der Waals surface area contributed by atoms with Crippen LogP contribution >= 0.6 is 0 Å². The highest BCUT2D eigenvalue weighted by Crippen LogP contribution is 2.29. The molecule has 1 aromatic heterocycles. The molecule has 11 heteroatoms. The number of hydrogen-bond acceptors (Lipinski definition) is 8. The molecular formula is C21H28N2O8S. The van der Waals surface area contributed by atoms with Crippen LogP contribution in [0.3, 0.4) is 0 Å². The zero-order chi connectivity index (χ0) is 23.9. The summed E-state index contributed by atoms with van der Waals surface area (Å²) < 4.78 is 40.9. The van der Waals surface area contributed by atoms with Crippen LogP contribution in [0.25, 0.3) is 0 Å². The first-order valence-corrected chi connectivity index (χ1v) is 11.6. The molecule has 32 heavy (non-hydrogen) atoms. The zero-order valence-electron chi connectivity index (χ0n) is 18.4. The van der Waals surface area contributed by atoms with Gasteiger partial charge in [-0.1, -0.05) is 30.3 Å². The molecular weight excluding hydrogens is 440 g/mol. The number of carbonyl (C=O) groups excluding carboxylic acids is 1. The van der Waals surface area contributed by atoms with Crippen molar-refractivity contribution in [3.8, 4) is 5.75 Å². The molecule has 2 N–H and O–H groups in total. The second-order valence-electron chi connectivity index (χ2n) is 7.95. The van der Waals surface area contributed by atoms with E-state index in [1.165, 1.54) is 6.20 Å². The molecule has 0 saturated carbocycles. The second kappa shape index (κ2) is 10.6. The van der Waals surface area contributed by atoms with Gasteiger partial charge < -0.3 is 14.6 Å². The van der Waals surface area contributed by atoms with Crippen molar-refractivity contribution in [3.05, 3.63) is 64.1 Å². The van der Waals surface area contributed by atoms with E-state index in [1.807, 2.05) is 6.07 Å². The molecule has 2 rings (SSSR count). The summed E-state index contributed by atoms with van der Waals surface area (Å²) in [5.74, 6) is -0.227. The van der Waals surface area contributed by atoms with Gasteiger partial charge in [0.15, 0.2) is 5.75 Å². The number of nitrogens with zero attached hydrogens (tertiary/aromatic N) is 1. The van der Waals surface area contributed by atoms with Gasteiger partial charge in [0.1, 0.15) is 24.0 Å². The normalized spacial score (nSPS) is 12.8. The van der Waals surface area contributed by atoms with Gasteiger partial charge in [-0.2, -0.15) is 8.42 Å². The third-order valence-corrected chi connectivity index (χ3v) is 4.50. The summed E-state index contributed by atoms with van der Waals surface area (Å²) in [6, 6.07) is 10.2. The Balaban J connectivity index is 2.54. The monoisotopic (exact) mass is 468 g/mol. The standard InChI is InChI=1S/C21H28N2O8S/c1-21(2,3)30-20(26)22-23-12-10-16(25)19(29-14-15-8-6-5-7-9-15)18(23)17(11-13-24)31-32(4,27)28/h5-10,12,17,24H,11,13-14H2,1-4H3,(H,22,26). The van der Waals surface area contributed by atoms with Crippen LogP contribution in [0, 0.1) is 0 Å². The highest BCUT2D eigenvalue weighted by molar-refractivity contribution is 7.86. The van der Waals surface area contributed by atoms with Crippen molar-refractivity contribution < 1.29 is 32.0 Å². The molecule has 0 radical (unpaired) electrons. The smallest absolute Gasteiger partial charge is 0.426 e. The first kappa shape index (κ1) is 25.4. The van der Waals surface area contributed by atoms with Gasteiger partial charge in [-0.05, 0) is 26.3 Å². The second-order valence-corrected chi connectivity index (χ2v) is 9.55. The van der Waals surface area contributed by atoms with Gasteiger partial charge in [-0.3, -0.25) is 13.7 Å². The third kappa shape index (κ3) is 7.98. The molecule has 0 aliphatic carbocycles. The molecule has 1 heterocycles. The van der Waals surface area contributed by atoms with Gasteiger partial charge in [0.05, 0.1) is 6.26 Å². The zero-order valence-corrected chi connectivity index (χ0v) is 19.2. The Bertz CT molecular complexity index is 1080. The van der Waals surface area contributed by atoms with Crippen molar-refractivity contribution in [2.45, 2.75) is 45.5 Å². The average molecular weight is 469 g/mol. The van der Waals surface area contributed by atoms with Crippen LogP contribution in [0.5, 0.6) is 5.75 Å². The van der Waals surface area contributed by atoms with Crippen LogP contribution in [0.1, 0.15) is 44.6 Å².